The summed E-state index contributed by atoms with van der Waals surface area (Å²) in [4.78, 5) is 40.8. The van der Waals surface area contributed by atoms with Crippen LogP contribution in [0.15, 0.2) is 11.1 Å². The fourth-order valence-corrected chi connectivity index (χ4v) is 4.98. The second-order valence-corrected chi connectivity index (χ2v) is 8.83. The fourth-order valence-electron chi connectivity index (χ4n) is 1.90. The van der Waals surface area contributed by atoms with Gasteiger partial charge in [0.25, 0.3) is 5.56 Å². The zero-order valence-corrected chi connectivity index (χ0v) is 12.9. The molecule has 0 saturated heterocycles. The van der Waals surface area contributed by atoms with Crippen LogP contribution in [-0.2, 0) is 20.9 Å². The second kappa shape index (κ2) is 5.80. The summed E-state index contributed by atoms with van der Waals surface area (Å²) in [5.41, 5.74) is 3.88. The van der Waals surface area contributed by atoms with Crippen LogP contribution in [-0.4, -0.2) is 44.1 Å². The lowest BCUT2D eigenvalue weighted by Gasteiger charge is -2.15. The van der Waals surface area contributed by atoms with Gasteiger partial charge in [0.15, 0.2) is 21.0 Å². The van der Waals surface area contributed by atoms with Gasteiger partial charge in [0.1, 0.15) is 13.1 Å². The Balaban J connectivity index is 2.10. The van der Waals surface area contributed by atoms with Crippen LogP contribution in [0.2, 0.25) is 0 Å². The molecular weight excluding hydrogens is 337 g/mol. The number of aryl methyl sites for hydroxylation is 1. The first-order valence-electron chi connectivity index (χ1n) is 6.01. The molecule has 1 atom stereocenters. The number of fused-ring (bicyclic) bond motifs is 1. The minimum Gasteiger partial charge on any atom is -0.778 e. The average Bonchev–Trinajstić information content (AvgIpc) is 2.69. The monoisotopic (exact) mass is 350 g/mol. The largest absolute Gasteiger partial charge is 0.778 e. The highest BCUT2D eigenvalue weighted by atomic mass is 32.2. The average molecular weight is 350 g/mol. The molecule has 0 aromatic carbocycles. The molecule has 2 aromatic rings. The van der Waals surface area contributed by atoms with Crippen molar-refractivity contribution in [3.8, 4) is 0 Å². The molecule has 2 rings (SSSR count). The molecule has 122 valence electrons. The number of nitrogens with zero attached hydrogens (tertiary/aromatic N) is 3. The number of hydrogen-bond acceptors (Lipinski definition) is 8. The molecule has 0 radical (unpaired) electrons. The molecular formula is C9H13N5O6PS-. The van der Waals surface area contributed by atoms with E-state index >= 15 is 0 Å². The van der Waals surface area contributed by atoms with Gasteiger partial charge in [-0.3, -0.25) is 9.78 Å². The molecule has 0 aliphatic heterocycles. The molecule has 11 nitrogen and oxygen atoms in total. The van der Waals surface area contributed by atoms with Crippen molar-refractivity contribution in [2.45, 2.75) is 13.0 Å². The number of nitrogen functional groups attached to an aromatic ring is 1. The van der Waals surface area contributed by atoms with Gasteiger partial charge in [0.2, 0.25) is 5.95 Å². The topological polar surface area (TPSA) is 184 Å². The Labute approximate surface area is 124 Å². The maximum absolute atomic E-state index is 11.6. The lowest BCUT2D eigenvalue weighted by molar-refractivity contribution is -0.191. The van der Waals surface area contributed by atoms with Crippen molar-refractivity contribution in [1.29, 1.82) is 0 Å². The summed E-state index contributed by atoms with van der Waals surface area (Å²) in [6.45, 7) is 0.139. The number of nitrogens with one attached hydrogen (secondary N) is 1. The van der Waals surface area contributed by atoms with Crippen LogP contribution in [0.5, 0.6) is 0 Å². The number of aromatic nitrogens is 4. The van der Waals surface area contributed by atoms with E-state index in [-0.39, 0.29) is 30.1 Å². The van der Waals surface area contributed by atoms with Crippen molar-refractivity contribution in [3.63, 3.8) is 0 Å². The summed E-state index contributed by atoms with van der Waals surface area (Å²) in [5.74, 6) is -0.544. The highest BCUT2D eigenvalue weighted by Crippen LogP contribution is 2.31. The number of rotatable bonds is 6. The molecule has 2 aromatic heterocycles. The predicted octanol–water partition coefficient (Wildman–Crippen LogP) is -1.99. The van der Waals surface area contributed by atoms with Crippen molar-refractivity contribution in [2.24, 2.45) is 0 Å². The van der Waals surface area contributed by atoms with Crippen molar-refractivity contribution < 1.29 is 22.8 Å². The summed E-state index contributed by atoms with van der Waals surface area (Å²) in [5, 5.41) is 0. The van der Waals surface area contributed by atoms with Gasteiger partial charge in [0, 0.05) is 6.54 Å². The van der Waals surface area contributed by atoms with Gasteiger partial charge in [-0.15, -0.1) is 0 Å². The molecule has 0 aliphatic rings. The van der Waals surface area contributed by atoms with E-state index in [1.807, 2.05) is 0 Å². The van der Waals surface area contributed by atoms with Gasteiger partial charge in [0.05, 0.1) is 12.1 Å². The lowest BCUT2D eigenvalue weighted by Crippen LogP contribution is -2.17. The number of hydrogen-bond donors (Lipinski definition) is 3. The first-order valence-corrected chi connectivity index (χ1v) is 9.60. The van der Waals surface area contributed by atoms with Gasteiger partial charge in [-0.2, -0.15) is 4.98 Å². The minimum absolute atomic E-state index is 0.0577. The Morgan fingerprint density at radius 3 is 2.82 bits per heavy atom. The maximum atomic E-state index is 11.6. The zero-order chi connectivity index (χ0) is 16.5. The minimum atomic E-state index is -4.87. The van der Waals surface area contributed by atoms with E-state index in [4.69, 9.17) is 10.6 Å². The highest BCUT2D eigenvalue weighted by Gasteiger charge is 2.18. The molecule has 13 heteroatoms. The molecule has 0 bridgehead atoms. The van der Waals surface area contributed by atoms with E-state index < -0.39 is 34.2 Å². The van der Waals surface area contributed by atoms with Gasteiger partial charge < -0.3 is 24.7 Å². The van der Waals surface area contributed by atoms with Crippen LogP contribution in [0.3, 0.4) is 0 Å². The third kappa shape index (κ3) is 4.13. The summed E-state index contributed by atoms with van der Waals surface area (Å²) in [7, 11) is -8.81. The summed E-state index contributed by atoms with van der Waals surface area (Å²) < 4.78 is 35.0. The molecule has 2 heterocycles. The molecule has 22 heavy (non-hydrogen) atoms. The summed E-state index contributed by atoms with van der Waals surface area (Å²) >= 11 is 0. The van der Waals surface area contributed by atoms with E-state index in [0.717, 1.165) is 0 Å². The van der Waals surface area contributed by atoms with Crippen LogP contribution in [0.4, 0.5) is 5.95 Å². The third-order valence-corrected chi connectivity index (χ3v) is 6.50. The normalized spacial score (nSPS) is 15.0. The highest BCUT2D eigenvalue weighted by molar-refractivity contribution is 7.97. The van der Waals surface area contributed by atoms with Crippen LogP contribution in [0, 0.1) is 0 Å². The first kappa shape index (κ1) is 16.6. The van der Waals surface area contributed by atoms with E-state index in [0.29, 0.717) is 0 Å². The summed E-state index contributed by atoms with van der Waals surface area (Å²) in [6.07, 6.45) is 1.37. The third-order valence-electron chi connectivity index (χ3n) is 2.71. The number of sulfone groups is 1. The van der Waals surface area contributed by atoms with Crippen LogP contribution in [0.1, 0.15) is 6.42 Å². The molecule has 0 saturated carbocycles. The molecule has 0 aliphatic carbocycles. The quantitative estimate of drug-likeness (QED) is 0.496. The molecule has 0 fully saturated rings. The number of H-pyrrole nitrogens is 1. The number of nitrogens with two attached hydrogens (primary N) is 1. The predicted molar refractivity (Wildman–Crippen MR) is 75.7 cm³/mol. The van der Waals surface area contributed by atoms with Crippen molar-refractivity contribution in [1.82, 2.24) is 19.5 Å². The zero-order valence-electron chi connectivity index (χ0n) is 11.2. The number of anilines is 1. The van der Waals surface area contributed by atoms with E-state index in [1.54, 1.807) is 0 Å². The number of imidazole rings is 1. The van der Waals surface area contributed by atoms with E-state index in [2.05, 4.69) is 15.0 Å². The molecule has 4 N–H and O–H groups in total. The number of aromatic amines is 1. The van der Waals surface area contributed by atoms with Crippen molar-refractivity contribution in [3.05, 3.63) is 16.7 Å². The Kier molecular flexibility index (Phi) is 4.38. The van der Waals surface area contributed by atoms with Gasteiger partial charge in [-0.1, -0.05) is 0 Å². The SMILES string of the molecule is Nc1nc2c(ncn2CCCS(=O)(=O)CP(=O)([O-])O)c(=O)[nH]1. The lowest BCUT2D eigenvalue weighted by atomic mass is 10.4. The van der Waals surface area contributed by atoms with Crippen molar-refractivity contribution in [2.75, 3.05) is 17.0 Å². The van der Waals surface area contributed by atoms with E-state index in [9.17, 15) is 22.7 Å². The molecule has 1 unspecified atom stereocenters. The Morgan fingerprint density at radius 1 is 1.50 bits per heavy atom. The summed E-state index contributed by atoms with van der Waals surface area (Å²) in [6, 6.07) is 0. The Morgan fingerprint density at radius 2 is 2.18 bits per heavy atom. The first-order chi connectivity index (χ1) is 10.1. The van der Waals surface area contributed by atoms with Crippen LogP contribution >= 0.6 is 7.60 Å². The molecule has 0 amide bonds. The smallest absolute Gasteiger partial charge is 0.280 e. The van der Waals surface area contributed by atoms with Crippen LogP contribution < -0.4 is 16.2 Å². The Hall–Kier alpha value is -1.75. The van der Waals surface area contributed by atoms with Gasteiger partial charge >= 0.3 is 0 Å². The molecule has 0 spiro atoms. The van der Waals surface area contributed by atoms with Gasteiger partial charge in [-0.05, 0) is 6.42 Å². The van der Waals surface area contributed by atoms with E-state index in [1.165, 1.54) is 10.9 Å². The maximum Gasteiger partial charge on any atom is 0.280 e. The van der Waals surface area contributed by atoms with Crippen LogP contribution in [0.25, 0.3) is 11.2 Å². The van der Waals surface area contributed by atoms with Crippen molar-refractivity contribution >= 4 is 34.5 Å². The second-order valence-electron chi connectivity index (χ2n) is 4.63. The standard InChI is InChI=1S/C9H14N5O6PS/c10-9-12-7-6(8(15)13-9)11-4-14(7)2-1-3-22(19,20)5-21(16,17)18/h4H,1-3,5H2,(H2,16,17,18)(H3,10,12,13,15)/p-1. The fraction of sp³-hybridized carbons (Fsp3) is 0.444. The Bertz CT molecular complexity index is 897. The van der Waals surface area contributed by atoms with Gasteiger partial charge in [-0.25, -0.2) is 13.4 Å².